The summed E-state index contributed by atoms with van der Waals surface area (Å²) in [5.74, 6) is -1.06. The molecule has 0 spiro atoms. The van der Waals surface area contributed by atoms with Crippen molar-refractivity contribution in [2.75, 3.05) is 6.54 Å². The van der Waals surface area contributed by atoms with Crippen molar-refractivity contribution in [3.05, 3.63) is 47.5 Å². The summed E-state index contributed by atoms with van der Waals surface area (Å²) in [5.41, 5.74) is -1.66. The molecule has 8 heteroatoms. The van der Waals surface area contributed by atoms with Crippen LogP contribution in [0.25, 0.3) is 5.69 Å². The van der Waals surface area contributed by atoms with E-state index in [0.717, 1.165) is 50.4 Å². The van der Waals surface area contributed by atoms with E-state index in [1.54, 1.807) is 0 Å². The van der Waals surface area contributed by atoms with Crippen LogP contribution in [-0.4, -0.2) is 22.2 Å². The Labute approximate surface area is 148 Å². The van der Waals surface area contributed by atoms with Crippen LogP contribution in [0.1, 0.15) is 48.2 Å². The van der Waals surface area contributed by atoms with Crippen molar-refractivity contribution < 1.29 is 22.4 Å². The van der Waals surface area contributed by atoms with Gasteiger partial charge in [0.2, 0.25) is 0 Å². The minimum atomic E-state index is -4.78. The normalized spacial score (nSPS) is 15.8. The second kappa shape index (κ2) is 7.47. The molecule has 1 aliphatic rings. The predicted molar refractivity (Wildman–Crippen MR) is 87.4 cm³/mol. The number of alkyl halides is 3. The molecule has 0 atom stereocenters. The average Bonchev–Trinajstić information content (AvgIpc) is 3.07. The van der Waals surface area contributed by atoms with Gasteiger partial charge in [-0.05, 0) is 43.0 Å². The van der Waals surface area contributed by atoms with E-state index in [4.69, 9.17) is 0 Å². The number of amides is 1. The smallest absolute Gasteiger partial charge is 0.352 e. The highest BCUT2D eigenvalue weighted by atomic mass is 19.4. The number of nitrogens with one attached hydrogen (secondary N) is 1. The fourth-order valence-corrected chi connectivity index (χ4v) is 3.29. The third-order valence-electron chi connectivity index (χ3n) is 4.63. The lowest BCUT2D eigenvalue weighted by Gasteiger charge is -2.21. The maximum atomic E-state index is 13.5. The Morgan fingerprint density at radius 1 is 1.15 bits per heavy atom. The summed E-state index contributed by atoms with van der Waals surface area (Å²) in [4.78, 5) is 12.3. The fraction of sp³-hybridized carbons (Fsp3) is 0.444. The Morgan fingerprint density at radius 3 is 2.42 bits per heavy atom. The molecule has 140 valence electrons. The topological polar surface area (TPSA) is 46.9 Å². The highest BCUT2D eigenvalue weighted by Crippen LogP contribution is 2.33. The van der Waals surface area contributed by atoms with Gasteiger partial charge in [0.1, 0.15) is 5.82 Å². The van der Waals surface area contributed by atoms with E-state index in [2.05, 4.69) is 10.4 Å². The lowest BCUT2D eigenvalue weighted by atomic mass is 9.89. The summed E-state index contributed by atoms with van der Waals surface area (Å²) in [5, 5.41) is 6.31. The first-order valence-electron chi connectivity index (χ1n) is 8.55. The molecule has 1 aromatic heterocycles. The molecule has 1 aliphatic carbocycles. The fourth-order valence-electron chi connectivity index (χ4n) is 3.29. The Kier molecular flexibility index (Phi) is 5.29. The Hall–Kier alpha value is -2.38. The van der Waals surface area contributed by atoms with Gasteiger partial charge in [0, 0.05) is 6.54 Å². The standard InChI is InChI=1S/C18H19F4N3O/c19-13-6-8-14(9-7-13)25-16(18(20,21)22)15(11-24-25)17(26)23-10-12-4-2-1-3-5-12/h6-9,11-12H,1-5,10H2,(H,23,26). The number of halogens is 4. The zero-order valence-corrected chi connectivity index (χ0v) is 14.0. The molecule has 4 nitrogen and oxygen atoms in total. The molecule has 1 fully saturated rings. The van der Waals surface area contributed by atoms with Crippen LogP contribution in [-0.2, 0) is 6.18 Å². The molecule has 1 heterocycles. The van der Waals surface area contributed by atoms with E-state index in [0.29, 0.717) is 17.1 Å². The van der Waals surface area contributed by atoms with E-state index in [-0.39, 0.29) is 5.69 Å². The third-order valence-corrected chi connectivity index (χ3v) is 4.63. The van der Waals surface area contributed by atoms with Crippen molar-refractivity contribution in [2.24, 2.45) is 5.92 Å². The number of rotatable bonds is 4. The molecule has 0 unspecified atom stereocenters. The van der Waals surface area contributed by atoms with Gasteiger partial charge in [0.05, 0.1) is 17.4 Å². The highest BCUT2D eigenvalue weighted by molar-refractivity contribution is 5.95. The number of aromatic nitrogens is 2. The number of hydrogen-bond donors (Lipinski definition) is 1. The van der Waals surface area contributed by atoms with E-state index < -0.39 is 29.2 Å². The molecular formula is C18H19F4N3O. The van der Waals surface area contributed by atoms with Gasteiger partial charge in [-0.1, -0.05) is 19.3 Å². The second-order valence-corrected chi connectivity index (χ2v) is 6.51. The van der Waals surface area contributed by atoms with E-state index in [1.165, 1.54) is 12.1 Å². The maximum Gasteiger partial charge on any atom is 0.434 e. The third kappa shape index (κ3) is 4.05. The van der Waals surface area contributed by atoms with Gasteiger partial charge in [-0.3, -0.25) is 4.79 Å². The van der Waals surface area contributed by atoms with Crippen LogP contribution in [0.4, 0.5) is 17.6 Å². The maximum absolute atomic E-state index is 13.5. The summed E-state index contributed by atoms with van der Waals surface area (Å²) >= 11 is 0. The molecule has 1 aromatic carbocycles. The average molecular weight is 369 g/mol. The Balaban J connectivity index is 1.84. The van der Waals surface area contributed by atoms with Gasteiger partial charge >= 0.3 is 6.18 Å². The number of hydrogen-bond acceptors (Lipinski definition) is 2. The monoisotopic (exact) mass is 369 g/mol. The van der Waals surface area contributed by atoms with Crippen LogP contribution in [0.5, 0.6) is 0 Å². The van der Waals surface area contributed by atoms with Crippen molar-refractivity contribution in [3.63, 3.8) is 0 Å². The second-order valence-electron chi connectivity index (χ2n) is 6.51. The molecule has 3 rings (SSSR count). The molecule has 0 bridgehead atoms. The molecule has 0 radical (unpaired) electrons. The van der Waals surface area contributed by atoms with Crippen molar-refractivity contribution in [1.29, 1.82) is 0 Å². The minimum absolute atomic E-state index is 0.0325. The molecule has 1 amide bonds. The molecule has 0 aliphatic heterocycles. The van der Waals surface area contributed by atoms with Crippen LogP contribution in [0, 0.1) is 11.7 Å². The molecular weight excluding hydrogens is 350 g/mol. The zero-order valence-electron chi connectivity index (χ0n) is 14.0. The summed E-state index contributed by atoms with van der Waals surface area (Å²) in [6.07, 6.45) is 1.40. The van der Waals surface area contributed by atoms with Crippen molar-refractivity contribution in [1.82, 2.24) is 15.1 Å². The number of carbonyl (C=O) groups is 1. The predicted octanol–water partition coefficient (Wildman–Crippen LogP) is 4.34. The van der Waals surface area contributed by atoms with Crippen molar-refractivity contribution in [3.8, 4) is 5.69 Å². The van der Waals surface area contributed by atoms with Gasteiger partial charge in [-0.25, -0.2) is 9.07 Å². The van der Waals surface area contributed by atoms with Gasteiger partial charge in [0.15, 0.2) is 5.69 Å². The quantitative estimate of drug-likeness (QED) is 0.815. The van der Waals surface area contributed by atoms with Crippen LogP contribution >= 0.6 is 0 Å². The Morgan fingerprint density at radius 2 is 1.81 bits per heavy atom. The molecule has 1 N–H and O–H groups in total. The summed E-state index contributed by atoms with van der Waals surface area (Å²) < 4.78 is 54.3. The van der Waals surface area contributed by atoms with Crippen LogP contribution < -0.4 is 5.32 Å². The van der Waals surface area contributed by atoms with Gasteiger partial charge in [-0.2, -0.15) is 18.3 Å². The largest absolute Gasteiger partial charge is 0.434 e. The van der Waals surface area contributed by atoms with Crippen LogP contribution in [0.2, 0.25) is 0 Å². The highest BCUT2D eigenvalue weighted by Gasteiger charge is 2.40. The first-order valence-corrected chi connectivity index (χ1v) is 8.55. The van der Waals surface area contributed by atoms with Gasteiger partial charge in [-0.15, -0.1) is 0 Å². The number of carbonyl (C=O) groups excluding carboxylic acids is 1. The Bertz CT molecular complexity index is 762. The van der Waals surface area contributed by atoms with Crippen molar-refractivity contribution in [2.45, 2.75) is 38.3 Å². The number of nitrogens with zero attached hydrogens (tertiary/aromatic N) is 2. The first-order chi connectivity index (χ1) is 12.4. The van der Waals surface area contributed by atoms with E-state index >= 15 is 0 Å². The minimum Gasteiger partial charge on any atom is -0.352 e. The lowest BCUT2D eigenvalue weighted by molar-refractivity contribution is -0.143. The van der Waals surface area contributed by atoms with Crippen LogP contribution in [0.15, 0.2) is 30.5 Å². The van der Waals surface area contributed by atoms with E-state index in [1.807, 2.05) is 0 Å². The van der Waals surface area contributed by atoms with Gasteiger partial charge in [0.25, 0.3) is 5.91 Å². The molecule has 2 aromatic rings. The summed E-state index contributed by atoms with van der Waals surface area (Å²) in [6, 6.07) is 4.45. The van der Waals surface area contributed by atoms with Gasteiger partial charge < -0.3 is 5.32 Å². The molecule has 1 saturated carbocycles. The lowest BCUT2D eigenvalue weighted by Crippen LogP contribution is -2.31. The van der Waals surface area contributed by atoms with E-state index in [9.17, 15) is 22.4 Å². The number of benzene rings is 1. The molecule has 26 heavy (non-hydrogen) atoms. The van der Waals surface area contributed by atoms with Crippen molar-refractivity contribution >= 4 is 5.91 Å². The summed E-state index contributed by atoms with van der Waals surface area (Å²) in [7, 11) is 0. The first kappa shape index (κ1) is 18.4. The zero-order chi connectivity index (χ0) is 18.7. The SMILES string of the molecule is O=C(NCC1CCCCC1)c1cnn(-c2ccc(F)cc2)c1C(F)(F)F. The van der Waals surface area contributed by atoms with Crippen LogP contribution in [0.3, 0.4) is 0 Å². The summed E-state index contributed by atoms with van der Waals surface area (Å²) in [6.45, 7) is 0.359. The molecule has 0 saturated heterocycles.